The first kappa shape index (κ1) is 46.8. The molecule has 0 rings (SSSR count). The van der Waals surface area contributed by atoms with Crippen molar-refractivity contribution in [3.63, 3.8) is 0 Å². The molecule has 0 aromatic rings. The van der Waals surface area contributed by atoms with Crippen LogP contribution in [0.2, 0.25) is 0 Å². The van der Waals surface area contributed by atoms with Gasteiger partial charge in [-0.1, -0.05) is 183 Å². The average molecular weight is 683 g/mol. The Balaban J connectivity index is 3.53. The van der Waals surface area contributed by atoms with Gasteiger partial charge in [-0.15, -0.1) is 0 Å². The molecule has 0 aromatic heterocycles. The van der Waals surface area contributed by atoms with Crippen LogP contribution in [0.3, 0.4) is 0 Å². The average Bonchev–Trinajstić information content (AvgIpc) is 3.11. The number of allylic oxidation sites excluding steroid dienone is 12. The molecule has 0 radical (unpaired) electrons. The third kappa shape index (κ3) is 40.1. The second-order valence-electron chi connectivity index (χ2n) is 13.3. The van der Waals surface area contributed by atoms with Crippen molar-refractivity contribution in [2.24, 2.45) is 0 Å². The van der Waals surface area contributed by atoms with Crippen molar-refractivity contribution >= 4 is 5.97 Å². The summed E-state index contributed by atoms with van der Waals surface area (Å²) < 4.78 is 11.1. The molecule has 0 saturated heterocycles. The van der Waals surface area contributed by atoms with E-state index in [0.717, 1.165) is 70.6 Å². The Bertz CT molecular complexity index is 850. The number of aliphatic hydroxyl groups excluding tert-OH is 1. The van der Waals surface area contributed by atoms with E-state index in [0.29, 0.717) is 13.0 Å². The van der Waals surface area contributed by atoms with E-state index in [1.165, 1.54) is 89.9 Å². The summed E-state index contributed by atoms with van der Waals surface area (Å²) in [4.78, 5) is 12.2. The molecule has 1 atom stereocenters. The molecule has 0 heterocycles. The van der Waals surface area contributed by atoms with Gasteiger partial charge in [0.15, 0.2) is 0 Å². The van der Waals surface area contributed by atoms with E-state index in [1.54, 1.807) is 0 Å². The van der Waals surface area contributed by atoms with Crippen LogP contribution >= 0.6 is 0 Å². The predicted octanol–water partition coefficient (Wildman–Crippen LogP) is 13.4. The van der Waals surface area contributed by atoms with Gasteiger partial charge in [0.05, 0.1) is 13.2 Å². The number of hydrogen-bond acceptors (Lipinski definition) is 4. The molecule has 0 aliphatic heterocycles. The highest BCUT2D eigenvalue weighted by Crippen LogP contribution is 2.13. The summed E-state index contributed by atoms with van der Waals surface area (Å²) in [7, 11) is 0. The Labute approximate surface area is 304 Å². The predicted molar refractivity (Wildman–Crippen MR) is 214 cm³/mol. The fourth-order valence-corrected chi connectivity index (χ4v) is 5.51. The van der Waals surface area contributed by atoms with Gasteiger partial charge in [-0.2, -0.15) is 0 Å². The summed E-state index contributed by atoms with van der Waals surface area (Å²) >= 11 is 0. The molecule has 49 heavy (non-hydrogen) atoms. The summed E-state index contributed by atoms with van der Waals surface area (Å²) in [5, 5.41) is 9.57. The fourth-order valence-electron chi connectivity index (χ4n) is 5.51. The van der Waals surface area contributed by atoms with Crippen LogP contribution in [0.15, 0.2) is 72.9 Å². The van der Waals surface area contributed by atoms with Crippen molar-refractivity contribution in [2.75, 3.05) is 19.8 Å². The van der Waals surface area contributed by atoms with Crippen molar-refractivity contribution < 1.29 is 19.4 Å². The summed E-state index contributed by atoms with van der Waals surface area (Å²) in [5.41, 5.74) is 0. The highest BCUT2D eigenvalue weighted by molar-refractivity contribution is 5.69. The molecular weight excluding hydrogens is 604 g/mol. The van der Waals surface area contributed by atoms with Crippen LogP contribution in [0, 0.1) is 0 Å². The van der Waals surface area contributed by atoms with Crippen molar-refractivity contribution in [3.05, 3.63) is 72.9 Å². The lowest BCUT2D eigenvalue weighted by Crippen LogP contribution is -2.27. The van der Waals surface area contributed by atoms with Gasteiger partial charge in [0.1, 0.15) is 6.10 Å². The normalized spacial score (nSPS) is 13.1. The van der Waals surface area contributed by atoms with E-state index >= 15 is 0 Å². The lowest BCUT2D eigenvalue weighted by molar-refractivity contribution is -0.154. The van der Waals surface area contributed by atoms with Crippen LogP contribution in [-0.2, 0) is 14.3 Å². The number of unbranched alkanes of at least 4 members (excludes halogenated alkanes) is 17. The fraction of sp³-hybridized carbons (Fsp3) is 0.711. The molecule has 1 unspecified atom stereocenters. The maximum absolute atomic E-state index is 12.2. The molecule has 4 nitrogen and oxygen atoms in total. The molecule has 0 aliphatic carbocycles. The lowest BCUT2D eigenvalue weighted by atomic mass is 10.1. The van der Waals surface area contributed by atoms with Gasteiger partial charge in [0.2, 0.25) is 0 Å². The Morgan fingerprint density at radius 3 is 1.39 bits per heavy atom. The molecule has 0 aliphatic rings. The smallest absolute Gasteiger partial charge is 0.306 e. The van der Waals surface area contributed by atoms with E-state index in [2.05, 4.69) is 86.8 Å². The minimum Gasteiger partial charge on any atom is -0.457 e. The second-order valence-corrected chi connectivity index (χ2v) is 13.3. The number of aliphatic hydroxyl groups is 1. The minimum absolute atomic E-state index is 0.180. The first-order valence-corrected chi connectivity index (χ1v) is 20.5. The van der Waals surface area contributed by atoms with Crippen molar-refractivity contribution in [1.29, 1.82) is 0 Å². The molecule has 0 bridgehead atoms. The van der Waals surface area contributed by atoms with Crippen LogP contribution in [-0.4, -0.2) is 37.0 Å². The zero-order chi connectivity index (χ0) is 35.6. The molecular formula is C45H78O4. The first-order valence-electron chi connectivity index (χ1n) is 20.5. The number of ether oxygens (including phenoxy) is 2. The Kier molecular flexibility index (Phi) is 40.1. The Morgan fingerprint density at radius 2 is 0.918 bits per heavy atom. The molecule has 0 saturated carbocycles. The number of carbonyl (C=O) groups excluding carboxylic acids is 1. The maximum atomic E-state index is 12.2. The van der Waals surface area contributed by atoms with Crippen LogP contribution < -0.4 is 0 Å². The summed E-state index contributed by atoms with van der Waals surface area (Å²) in [6.07, 6.45) is 56.6. The van der Waals surface area contributed by atoms with Crippen LogP contribution in [0.5, 0.6) is 0 Å². The van der Waals surface area contributed by atoms with Crippen LogP contribution in [0.4, 0.5) is 0 Å². The molecule has 1 N–H and O–H groups in total. The van der Waals surface area contributed by atoms with Crippen LogP contribution in [0.25, 0.3) is 0 Å². The van der Waals surface area contributed by atoms with Crippen LogP contribution in [0.1, 0.15) is 181 Å². The molecule has 0 fully saturated rings. The molecule has 0 amide bonds. The third-order valence-corrected chi connectivity index (χ3v) is 8.55. The lowest BCUT2D eigenvalue weighted by Gasteiger charge is -2.16. The topological polar surface area (TPSA) is 55.8 Å². The van der Waals surface area contributed by atoms with Gasteiger partial charge in [-0.25, -0.2) is 0 Å². The van der Waals surface area contributed by atoms with Gasteiger partial charge < -0.3 is 14.6 Å². The van der Waals surface area contributed by atoms with Gasteiger partial charge in [-0.05, 0) is 64.2 Å². The minimum atomic E-state index is -0.543. The van der Waals surface area contributed by atoms with E-state index in [-0.39, 0.29) is 19.2 Å². The molecule has 0 aromatic carbocycles. The van der Waals surface area contributed by atoms with Gasteiger partial charge in [0, 0.05) is 13.0 Å². The second kappa shape index (κ2) is 42.0. The van der Waals surface area contributed by atoms with E-state index < -0.39 is 6.10 Å². The monoisotopic (exact) mass is 683 g/mol. The molecule has 282 valence electrons. The third-order valence-electron chi connectivity index (χ3n) is 8.55. The number of esters is 1. The largest absolute Gasteiger partial charge is 0.457 e. The quantitative estimate of drug-likeness (QED) is 0.0402. The first-order chi connectivity index (χ1) is 24.2. The Morgan fingerprint density at radius 1 is 0.510 bits per heavy atom. The number of rotatable bonds is 37. The zero-order valence-corrected chi connectivity index (χ0v) is 32.2. The van der Waals surface area contributed by atoms with Gasteiger partial charge in [0.25, 0.3) is 0 Å². The highest BCUT2D eigenvalue weighted by Gasteiger charge is 2.13. The Hall–Kier alpha value is -2.17. The molecule has 4 heteroatoms. The summed E-state index contributed by atoms with van der Waals surface area (Å²) in [5.74, 6) is -0.217. The van der Waals surface area contributed by atoms with E-state index in [4.69, 9.17) is 9.47 Å². The number of carbonyl (C=O) groups is 1. The van der Waals surface area contributed by atoms with Crippen molar-refractivity contribution in [2.45, 2.75) is 187 Å². The highest BCUT2D eigenvalue weighted by atomic mass is 16.6. The number of hydrogen-bond donors (Lipinski definition) is 1. The van der Waals surface area contributed by atoms with Crippen molar-refractivity contribution in [3.8, 4) is 0 Å². The summed E-state index contributed by atoms with van der Waals surface area (Å²) in [6.45, 7) is 5.21. The van der Waals surface area contributed by atoms with Gasteiger partial charge >= 0.3 is 5.97 Å². The van der Waals surface area contributed by atoms with Gasteiger partial charge in [-0.3, -0.25) is 4.79 Å². The SMILES string of the molecule is CC/C=C\C/C=C\C/C=C\C/C=C\C/C=C\C/C=C\CCCCCCCCC(=O)OC(CO)COCCCCCCCCCCCCCC. The van der Waals surface area contributed by atoms with E-state index in [1.807, 2.05) is 0 Å². The standard InChI is InChI=1S/C45H78O4/c1-3-5-7-9-11-13-15-17-18-19-20-21-22-23-24-25-26-27-28-29-30-32-34-36-38-40-45(47)49-44(42-46)43-48-41-39-37-35-33-31-16-14-12-10-8-6-4-2/h5,7,11,13,17-18,20-21,23-24,26-27,44,46H,3-4,6,8-10,12,14-16,19,22,25,28-43H2,1-2H3/b7-5-,13-11-,18-17-,21-20-,24-23-,27-26-. The maximum Gasteiger partial charge on any atom is 0.306 e. The molecule has 0 spiro atoms. The zero-order valence-electron chi connectivity index (χ0n) is 32.2. The van der Waals surface area contributed by atoms with E-state index in [9.17, 15) is 9.90 Å². The van der Waals surface area contributed by atoms with Crippen molar-refractivity contribution in [1.82, 2.24) is 0 Å². The summed E-state index contributed by atoms with van der Waals surface area (Å²) in [6, 6.07) is 0.